The minimum atomic E-state index is -1.21. The molecule has 0 amide bonds. The Labute approximate surface area is 91.3 Å². The summed E-state index contributed by atoms with van der Waals surface area (Å²) in [6, 6.07) is 6.67. The molecule has 2 rings (SSSR count). The number of carbonyl (C=O) groups is 1. The lowest BCUT2D eigenvalue weighted by Crippen LogP contribution is -2.23. The molecule has 3 nitrogen and oxygen atoms in total. The van der Waals surface area contributed by atoms with Gasteiger partial charge in [-0.1, -0.05) is 17.7 Å². The van der Waals surface area contributed by atoms with E-state index in [4.69, 9.17) is 11.6 Å². The Morgan fingerprint density at radius 2 is 2.13 bits per heavy atom. The normalized spacial score (nSPS) is 10.5. The summed E-state index contributed by atoms with van der Waals surface area (Å²) in [5, 5.41) is 12.1. The van der Waals surface area contributed by atoms with E-state index in [0.717, 1.165) is 5.39 Å². The Hall–Kier alpha value is -1.61. The third-order valence-corrected chi connectivity index (χ3v) is 2.43. The predicted molar refractivity (Wildman–Crippen MR) is 55.8 cm³/mol. The maximum absolute atomic E-state index is 10.8. The summed E-state index contributed by atoms with van der Waals surface area (Å²) in [6.45, 7) is 1.63. The summed E-state index contributed by atoms with van der Waals surface area (Å²) in [5.74, 6) is -1.21. The molecule has 0 unspecified atom stereocenters. The lowest BCUT2D eigenvalue weighted by molar-refractivity contribution is -0.255. The van der Waals surface area contributed by atoms with Crippen molar-refractivity contribution in [2.45, 2.75) is 6.92 Å². The highest BCUT2D eigenvalue weighted by molar-refractivity contribution is 6.31. The number of carbonyl (C=O) groups excluding carboxylic acids is 1. The van der Waals surface area contributed by atoms with E-state index in [1.165, 1.54) is 0 Å². The SMILES string of the molecule is Cc1nc2cc(Cl)ccc2cc1C(=O)[O-]. The van der Waals surface area contributed by atoms with Gasteiger partial charge in [0.2, 0.25) is 0 Å². The number of halogens is 1. The Morgan fingerprint density at radius 3 is 2.80 bits per heavy atom. The van der Waals surface area contributed by atoms with Crippen LogP contribution in [0, 0.1) is 6.92 Å². The molecule has 0 bridgehead atoms. The summed E-state index contributed by atoms with van der Waals surface area (Å²) < 4.78 is 0. The summed E-state index contributed by atoms with van der Waals surface area (Å²) in [6.07, 6.45) is 0. The van der Waals surface area contributed by atoms with Crippen molar-refractivity contribution in [3.8, 4) is 0 Å². The van der Waals surface area contributed by atoms with Crippen molar-refractivity contribution in [3.63, 3.8) is 0 Å². The predicted octanol–water partition coefficient (Wildman–Crippen LogP) is 1.56. The van der Waals surface area contributed by atoms with Crippen LogP contribution in [-0.2, 0) is 0 Å². The first-order chi connectivity index (χ1) is 7.08. The number of aromatic nitrogens is 1. The van der Waals surface area contributed by atoms with Gasteiger partial charge in [0.05, 0.1) is 11.5 Å². The number of benzene rings is 1. The van der Waals surface area contributed by atoms with Crippen LogP contribution in [0.4, 0.5) is 0 Å². The Kier molecular flexibility index (Phi) is 2.32. The monoisotopic (exact) mass is 220 g/mol. The first-order valence-corrected chi connectivity index (χ1v) is 4.74. The van der Waals surface area contributed by atoms with Crippen molar-refractivity contribution >= 4 is 28.5 Å². The lowest BCUT2D eigenvalue weighted by Gasteiger charge is -2.07. The van der Waals surface area contributed by atoms with Gasteiger partial charge in [0.1, 0.15) is 0 Å². The number of hydrogen-bond donors (Lipinski definition) is 0. The third kappa shape index (κ3) is 1.78. The van der Waals surface area contributed by atoms with Gasteiger partial charge in [0.15, 0.2) is 0 Å². The summed E-state index contributed by atoms with van der Waals surface area (Å²) in [7, 11) is 0. The standard InChI is InChI=1S/C11H8ClNO2/c1-6-9(11(14)15)4-7-2-3-8(12)5-10(7)13-6/h2-5H,1H3,(H,14,15)/p-1. The smallest absolute Gasteiger partial charge is 0.0733 e. The molecule has 15 heavy (non-hydrogen) atoms. The van der Waals surface area contributed by atoms with Crippen LogP contribution < -0.4 is 5.11 Å². The van der Waals surface area contributed by atoms with Gasteiger partial charge in [-0.25, -0.2) is 0 Å². The van der Waals surface area contributed by atoms with Crippen LogP contribution in [0.2, 0.25) is 5.02 Å². The second kappa shape index (κ2) is 3.51. The topological polar surface area (TPSA) is 53.0 Å². The van der Waals surface area contributed by atoms with E-state index < -0.39 is 5.97 Å². The molecule has 0 aliphatic rings. The molecule has 0 atom stereocenters. The second-order valence-electron chi connectivity index (χ2n) is 3.25. The molecular weight excluding hydrogens is 214 g/mol. The van der Waals surface area contributed by atoms with Crippen LogP contribution in [0.5, 0.6) is 0 Å². The molecule has 1 aromatic heterocycles. The zero-order valence-corrected chi connectivity index (χ0v) is 8.71. The van der Waals surface area contributed by atoms with Crippen LogP contribution in [0.15, 0.2) is 24.3 Å². The second-order valence-corrected chi connectivity index (χ2v) is 3.68. The van der Waals surface area contributed by atoms with Gasteiger partial charge in [-0.3, -0.25) is 4.98 Å². The number of aromatic carboxylic acids is 1. The zero-order valence-electron chi connectivity index (χ0n) is 7.95. The van der Waals surface area contributed by atoms with Crippen LogP contribution in [-0.4, -0.2) is 11.0 Å². The molecule has 0 saturated heterocycles. The van der Waals surface area contributed by atoms with E-state index in [1.54, 1.807) is 31.2 Å². The minimum Gasteiger partial charge on any atom is -0.545 e. The maximum atomic E-state index is 10.8. The van der Waals surface area contributed by atoms with Gasteiger partial charge in [-0.05, 0) is 25.1 Å². The molecule has 76 valence electrons. The molecule has 0 aliphatic heterocycles. The van der Waals surface area contributed by atoms with Crippen LogP contribution in [0.3, 0.4) is 0 Å². The average molecular weight is 221 g/mol. The van der Waals surface area contributed by atoms with Crippen LogP contribution >= 0.6 is 11.6 Å². The fourth-order valence-corrected chi connectivity index (χ4v) is 1.61. The number of carboxylic acid groups (broad SMARTS) is 1. The highest BCUT2D eigenvalue weighted by Crippen LogP contribution is 2.20. The van der Waals surface area contributed by atoms with Crippen molar-refractivity contribution in [2.24, 2.45) is 0 Å². The van der Waals surface area contributed by atoms with Gasteiger partial charge >= 0.3 is 0 Å². The average Bonchev–Trinajstić information content (AvgIpc) is 2.15. The molecule has 0 aliphatic carbocycles. The Morgan fingerprint density at radius 1 is 1.40 bits per heavy atom. The molecule has 4 heteroatoms. The lowest BCUT2D eigenvalue weighted by atomic mass is 10.1. The quantitative estimate of drug-likeness (QED) is 0.733. The largest absolute Gasteiger partial charge is 0.545 e. The van der Waals surface area contributed by atoms with E-state index in [1.807, 2.05) is 0 Å². The molecule has 1 aromatic carbocycles. The number of nitrogens with zero attached hydrogens (tertiary/aromatic N) is 1. The first-order valence-electron chi connectivity index (χ1n) is 4.36. The molecule has 1 heterocycles. The highest BCUT2D eigenvalue weighted by atomic mass is 35.5. The Bertz CT molecular complexity index is 552. The molecule has 0 N–H and O–H groups in total. The van der Waals surface area contributed by atoms with E-state index in [2.05, 4.69) is 4.98 Å². The van der Waals surface area contributed by atoms with E-state index >= 15 is 0 Å². The number of rotatable bonds is 1. The van der Waals surface area contributed by atoms with Crippen LogP contribution in [0.25, 0.3) is 10.9 Å². The molecule has 0 spiro atoms. The fourth-order valence-electron chi connectivity index (χ4n) is 1.44. The van der Waals surface area contributed by atoms with Crippen molar-refractivity contribution in [3.05, 3.63) is 40.5 Å². The molecular formula is C11H7ClNO2-. The number of fused-ring (bicyclic) bond motifs is 1. The van der Waals surface area contributed by atoms with Gasteiger partial charge in [-0.2, -0.15) is 0 Å². The number of carboxylic acids is 1. The van der Waals surface area contributed by atoms with Gasteiger partial charge in [0, 0.05) is 21.7 Å². The molecule has 0 radical (unpaired) electrons. The Balaban J connectivity index is 2.76. The molecule has 0 saturated carbocycles. The van der Waals surface area contributed by atoms with Gasteiger partial charge in [-0.15, -0.1) is 0 Å². The van der Waals surface area contributed by atoms with Crippen LogP contribution in [0.1, 0.15) is 16.1 Å². The summed E-state index contributed by atoms with van der Waals surface area (Å²) >= 11 is 5.80. The van der Waals surface area contributed by atoms with Gasteiger partial charge in [0.25, 0.3) is 0 Å². The van der Waals surface area contributed by atoms with Crippen molar-refractivity contribution in [1.82, 2.24) is 4.98 Å². The molecule has 0 fully saturated rings. The highest BCUT2D eigenvalue weighted by Gasteiger charge is 2.04. The third-order valence-electron chi connectivity index (χ3n) is 2.19. The maximum Gasteiger partial charge on any atom is 0.0733 e. The summed E-state index contributed by atoms with van der Waals surface area (Å²) in [5.41, 5.74) is 1.24. The van der Waals surface area contributed by atoms with Gasteiger partial charge < -0.3 is 9.90 Å². The number of aryl methyl sites for hydroxylation is 1. The van der Waals surface area contributed by atoms with E-state index in [9.17, 15) is 9.90 Å². The minimum absolute atomic E-state index is 0.116. The van der Waals surface area contributed by atoms with Crippen molar-refractivity contribution in [1.29, 1.82) is 0 Å². The number of hydrogen-bond acceptors (Lipinski definition) is 3. The molecule has 2 aromatic rings. The van der Waals surface area contributed by atoms with Crippen molar-refractivity contribution < 1.29 is 9.90 Å². The summed E-state index contributed by atoms with van der Waals surface area (Å²) in [4.78, 5) is 14.9. The fraction of sp³-hybridized carbons (Fsp3) is 0.0909. The van der Waals surface area contributed by atoms with E-state index in [-0.39, 0.29) is 5.56 Å². The van der Waals surface area contributed by atoms with Crippen molar-refractivity contribution in [2.75, 3.05) is 0 Å². The first kappa shape index (κ1) is 9.93. The zero-order chi connectivity index (χ0) is 11.0. The number of pyridine rings is 1. The van der Waals surface area contributed by atoms with E-state index in [0.29, 0.717) is 16.2 Å².